The summed E-state index contributed by atoms with van der Waals surface area (Å²) in [5.74, 6) is 2.59. The third-order valence-electron chi connectivity index (χ3n) is 5.81. The average molecular weight is 429 g/mol. The van der Waals surface area contributed by atoms with Crippen molar-refractivity contribution in [3.05, 3.63) is 71.4 Å². The van der Waals surface area contributed by atoms with Crippen LogP contribution in [0.2, 0.25) is 0 Å². The Morgan fingerprint density at radius 1 is 1.03 bits per heavy atom. The molecule has 6 heteroatoms. The third kappa shape index (κ3) is 5.08. The zero-order valence-corrected chi connectivity index (χ0v) is 18.4. The van der Waals surface area contributed by atoms with E-state index in [1.807, 2.05) is 30.3 Å². The molecule has 0 unspecified atom stereocenters. The van der Waals surface area contributed by atoms with E-state index in [9.17, 15) is 0 Å². The van der Waals surface area contributed by atoms with Gasteiger partial charge in [-0.3, -0.25) is 4.90 Å². The third-order valence-corrected chi connectivity index (χ3v) is 5.81. The van der Waals surface area contributed by atoms with Crippen molar-refractivity contribution >= 4 is 17.7 Å². The molecule has 1 fully saturated rings. The van der Waals surface area contributed by atoms with Gasteiger partial charge in [-0.05, 0) is 74.7 Å². The maximum absolute atomic E-state index is 5.99. The molecule has 164 valence electrons. The van der Waals surface area contributed by atoms with Gasteiger partial charge in [0.25, 0.3) is 0 Å². The number of hydrogen-bond acceptors (Lipinski definition) is 6. The Morgan fingerprint density at radius 3 is 2.84 bits per heavy atom. The van der Waals surface area contributed by atoms with E-state index in [1.165, 1.54) is 42.6 Å². The van der Waals surface area contributed by atoms with E-state index >= 15 is 0 Å². The van der Waals surface area contributed by atoms with Crippen molar-refractivity contribution in [2.45, 2.75) is 26.2 Å². The van der Waals surface area contributed by atoms with Gasteiger partial charge in [-0.15, -0.1) is 0 Å². The largest absolute Gasteiger partial charge is 0.492 e. The van der Waals surface area contributed by atoms with Gasteiger partial charge in [0.05, 0.1) is 0 Å². The van der Waals surface area contributed by atoms with Crippen LogP contribution in [0.25, 0.3) is 6.08 Å². The smallest absolute Gasteiger partial charge is 0.230 e. The van der Waals surface area contributed by atoms with Gasteiger partial charge in [0.15, 0.2) is 0 Å². The number of benzene rings is 2. The van der Waals surface area contributed by atoms with Gasteiger partial charge >= 0.3 is 0 Å². The van der Waals surface area contributed by atoms with E-state index in [2.05, 4.69) is 45.3 Å². The average Bonchev–Trinajstić information content (AvgIpc) is 3.43. The summed E-state index contributed by atoms with van der Waals surface area (Å²) in [5, 5.41) is 3.25. The van der Waals surface area contributed by atoms with Gasteiger partial charge in [0.1, 0.15) is 18.1 Å². The molecule has 1 aromatic heterocycles. The minimum atomic E-state index is 0.480. The van der Waals surface area contributed by atoms with E-state index in [4.69, 9.17) is 9.47 Å². The zero-order chi connectivity index (χ0) is 21.8. The molecule has 0 atom stereocenters. The first-order chi connectivity index (χ1) is 15.7. The fourth-order valence-electron chi connectivity index (χ4n) is 4.22. The maximum Gasteiger partial charge on any atom is 0.230 e. The molecular formula is C26H28N4O2. The first-order valence-electron chi connectivity index (χ1n) is 11.2. The van der Waals surface area contributed by atoms with Crippen molar-refractivity contribution in [2.75, 3.05) is 31.6 Å². The summed E-state index contributed by atoms with van der Waals surface area (Å²) in [5.41, 5.74) is 4.79. The van der Waals surface area contributed by atoms with Crippen LogP contribution in [0.1, 0.15) is 30.9 Å². The Morgan fingerprint density at radius 2 is 1.94 bits per heavy atom. The summed E-state index contributed by atoms with van der Waals surface area (Å²) in [7, 11) is 0. The quantitative estimate of drug-likeness (QED) is 0.515. The van der Waals surface area contributed by atoms with Crippen molar-refractivity contribution in [3.8, 4) is 17.4 Å². The molecule has 0 amide bonds. The highest BCUT2D eigenvalue weighted by Gasteiger charge is 2.12. The molecule has 5 rings (SSSR count). The number of anilines is 2. The first-order valence-corrected chi connectivity index (χ1v) is 11.2. The molecule has 0 saturated carbocycles. The van der Waals surface area contributed by atoms with Crippen molar-refractivity contribution in [3.63, 3.8) is 0 Å². The van der Waals surface area contributed by atoms with Crippen LogP contribution in [0.3, 0.4) is 0 Å². The number of rotatable bonds is 8. The summed E-state index contributed by atoms with van der Waals surface area (Å²) >= 11 is 0. The van der Waals surface area contributed by atoms with Crippen LogP contribution in [-0.2, 0) is 6.42 Å². The van der Waals surface area contributed by atoms with Gasteiger partial charge in [0, 0.05) is 30.6 Å². The fraction of sp³-hybridized carbons (Fsp3) is 0.308. The van der Waals surface area contributed by atoms with E-state index < -0.39 is 0 Å². The lowest BCUT2D eigenvalue weighted by Gasteiger charge is -2.15. The molecule has 1 saturated heterocycles. The highest BCUT2D eigenvalue weighted by atomic mass is 16.5. The van der Waals surface area contributed by atoms with Gasteiger partial charge < -0.3 is 14.8 Å². The van der Waals surface area contributed by atoms with Crippen LogP contribution in [0.4, 0.5) is 11.6 Å². The van der Waals surface area contributed by atoms with Crippen LogP contribution in [0.5, 0.6) is 17.4 Å². The number of aromatic nitrogens is 2. The lowest BCUT2D eigenvalue weighted by atomic mass is 10.1. The molecule has 0 spiro atoms. The van der Waals surface area contributed by atoms with E-state index in [-0.39, 0.29) is 0 Å². The van der Waals surface area contributed by atoms with Crippen LogP contribution < -0.4 is 14.8 Å². The van der Waals surface area contributed by atoms with Crippen LogP contribution in [0.15, 0.2) is 60.3 Å². The molecule has 6 nitrogen and oxygen atoms in total. The Labute approximate surface area is 188 Å². The van der Waals surface area contributed by atoms with Gasteiger partial charge in [-0.25, -0.2) is 4.98 Å². The Kier molecular flexibility index (Phi) is 6.03. The predicted molar refractivity (Wildman–Crippen MR) is 127 cm³/mol. The zero-order valence-electron chi connectivity index (χ0n) is 18.4. The monoisotopic (exact) mass is 428 g/mol. The standard InChI is InChI=1S/C26H28N4O2/c1-19-15-20-7-8-24(17-21(20)16-19)32-25-9-10-27-26(29-25)28-22-5-4-6-23(18-22)31-14-13-30-11-2-3-12-30/h4-10,16-18H,2-3,11-15H2,1H3,(H,27,28,29). The first kappa shape index (κ1) is 20.5. The molecule has 1 aliphatic heterocycles. The molecule has 3 aromatic rings. The van der Waals surface area contributed by atoms with E-state index in [0.717, 1.165) is 30.2 Å². The lowest BCUT2D eigenvalue weighted by molar-refractivity contribution is 0.238. The van der Waals surface area contributed by atoms with Gasteiger partial charge in [-0.1, -0.05) is 23.8 Å². The van der Waals surface area contributed by atoms with Gasteiger partial charge in [0.2, 0.25) is 11.8 Å². The lowest BCUT2D eigenvalue weighted by Crippen LogP contribution is -2.25. The topological polar surface area (TPSA) is 59.5 Å². The normalized spacial score (nSPS) is 15.3. The second kappa shape index (κ2) is 9.40. The molecule has 0 bridgehead atoms. The number of fused-ring (bicyclic) bond motifs is 1. The Balaban J connectivity index is 1.21. The predicted octanol–water partition coefficient (Wildman–Crippen LogP) is 5.45. The summed E-state index contributed by atoms with van der Waals surface area (Å²) in [6, 6.07) is 15.8. The minimum absolute atomic E-state index is 0.480. The number of nitrogens with zero attached hydrogens (tertiary/aromatic N) is 3. The number of likely N-dealkylation sites (tertiary alicyclic amines) is 1. The highest BCUT2D eigenvalue weighted by molar-refractivity contribution is 5.65. The Hall–Kier alpha value is -3.38. The summed E-state index contributed by atoms with van der Waals surface area (Å²) in [6.45, 7) is 6.18. The number of ether oxygens (including phenoxy) is 2. The molecule has 1 aliphatic carbocycles. The molecule has 0 radical (unpaired) electrons. The molecule has 2 aromatic carbocycles. The fourth-order valence-corrected chi connectivity index (χ4v) is 4.22. The van der Waals surface area contributed by atoms with Crippen LogP contribution in [0, 0.1) is 0 Å². The molecule has 2 heterocycles. The molecular weight excluding hydrogens is 400 g/mol. The van der Waals surface area contributed by atoms with Gasteiger partial charge in [-0.2, -0.15) is 4.98 Å². The number of hydrogen-bond donors (Lipinski definition) is 1. The van der Waals surface area contributed by atoms with E-state index in [1.54, 1.807) is 12.3 Å². The van der Waals surface area contributed by atoms with Crippen molar-refractivity contribution in [1.82, 2.24) is 14.9 Å². The molecule has 2 aliphatic rings. The van der Waals surface area contributed by atoms with Crippen molar-refractivity contribution in [1.29, 1.82) is 0 Å². The second-order valence-electron chi connectivity index (χ2n) is 8.40. The second-order valence-corrected chi connectivity index (χ2v) is 8.40. The summed E-state index contributed by atoms with van der Waals surface area (Å²) in [4.78, 5) is 11.3. The van der Waals surface area contributed by atoms with E-state index in [0.29, 0.717) is 18.4 Å². The highest BCUT2D eigenvalue weighted by Crippen LogP contribution is 2.30. The van der Waals surface area contributed by atoms with Crippen LogP contribution >= 0.6 is 0 Å². The summed E-state index contributed by atoms with van der Waals surface area (Å²) in [6.07, 6.45) is 7.50. The van der Waals surface area contributed by atoms with Crippen molar-refractivity contribution < 1.29 is 9.47 Å². The van der Waals surface area contributed by atoms with Crippen molar-refractivity contribution in [2.24, 2.45) is 0 Å². The Bertz CT molecular complexity index is 1120. The molecule has 32 heavy (non-hydrogen) atoms. The number of allylic oxidation sites excluding steroid dienone is 1. The maximum atomic E-state index is 5.99. The van der Waals surface area contributed by atoms with Crippen LogP contribution in [-0.4, -0.2) is 41.1 Å². The SMILES string of the molecule is CC1=Cc2cc(Oc3ccnc(Nc4cccc(OCCN5CCCC5)c4)n3)ccc2C1. The number of nitrogens with one attached hydrogen (secondary N) is 1. The summed E-state index contributed by atoms with van der Waals surface area (Å²) < 4.78 is 11.9. The minimum Gasteiger partial charge on any atom is -0.492 e. The molecule has 1 N–H and O–H groups in total.